The van der Waals surface area contributed by atoms with Crippen LogP contribution < -0.4 is 9.46 Å². The van der Waals surface area contributed by atoms with E-state index in [0.717, 1.165) is 5.56 Å². The van der Waals surface area contributed by atoms with E-state index in [9.17, 15) is 8.42 Å². The number of ether oxygens (including phenoxy) is 2. The van der Waals surface area contributed by atoms with Gasteiger partial charge in [-0.3, -0.25) is 4.55 Å². The van der Waals surface area contributed by atoms with Gasteiger partial charge in [-0.2, -0.15) is 13.1 Å². The van der Waals surface area contributed by atoms with Crippen molar-refractivity contribution in [3.05, 3.63) is 29.3 Å². The second kappa shape index (κ2) is 5.66. The smallest absolute Gasteiger partial charge is 0.333 e. The molecule has 21 heavy (non-hydrogen) atoms. The van der Waals surface area contributed by atoms with Crippen molar-refractivity contribution in [1.29, 1.82) is 0 Å². The predicted octanol–water partition coefficient (Wildman–Crippen LogP) is 1.22. The van der Waals surface area contributed by atoms with E-state index in [-0.39, 0.29) is 13.2 Å². The van der Waals surface area contributed by atoms with E-state index in [1.165, 1.54) is 0 Å². The normalized spacial score (nSPS) is 19.6. The Balaban J connectivity index is 2.21. The lowest BCUT2D eigenvalue weighted by atomic mass is 9.84. The van der Waals surface area contributed by atoms with Crippen molar-refractivity contribution in [3.8, 4) is 18.1 Å². The molecule has 7 heteroatoms. The minimum atomic E-state index is -4.22. The lowest BCUT2D eigenvalue weighted by Gasteiger charge is -2.25. The van der Waals surface area contributed by atoms with Crippen molar-refractivity contribution in [2.45, 2.75) is 32.1 Å². The predicted molar refractivity (Wildman–Crippen MR) is 77.1 cm³/mol. The first-order valence-corrected chi connectivity index (χ1v) is 7.75. The molecule has 0 amide bonds. The monoisotopic (exact) mass is 311 g/mol. The molecule has 0 radical (unpaired) electrons. The van der Waals surface area contributed by atoms with Gasteiger partial charge in [0, 0.05) is 12.1 Å². The SMILES string of the molecule is C#CCOC1Oc2ccc(CNS(=O)(=O)O)cc2C1(C)C. The fourth-order valence-electron chi connectivity index (χ4n) is 2.22. The van der Waals surface area contributed by atoms with Gasteiger partial charge in [0.15, 0.2) is 0 Å². The van der Waals surface area contributed by atoms with Gasteiger partial charge >= 0.3 is 10.3 Å². The van der Waals surface area contributed by atoms with Crippen LogP contribution in [-0.4, -0.2) is 25.9 Å². The van der Waals surface area contributed by atoms with Crippen LogP contribution in [0.25, 0.3) is 0 Å². The molecule has 0 fully saturated rings. The molecule has 1 aromatic rings. The highest BCUT2D eigenvalue weighted by Gasteiger charge is 2.42. The van der Waals surface area contributed by atoms with Crippen molar-refractivity contribution in [2.24, 2.45) is 0 Å². The van der Waals surface area contributed by atoms with Crippen LogP contribution >= 0.6 is 0 Å². The molecule has 1 aliphatic heterocycles. The summed E-state index contributed by atoms with van der Waals surface area (Å²) in [7, 11) is -4.22. The topological polar surface area (TPSA) is 84.9 Å². The molecule has 2 rings (SSSR count). The highest BCUT2D eigenvalue weighted by molar-refractivity contribution is 7.83. The second-order valence-corrected chi connectivity index (χ2v) is 6.55. The number of fused-ring (bicyclic) bond motifs is 1. The number of hydrogen-bond acceptors (Lipinski definition) is 4. The summed E-state index contributed by atoms with van der Waals surface area (Å²) in [5, 5.41) is 0. The zero-order valence-corrected chi connectivity index (χ0v) is 12.6. The fourth-order valence-corrected chi connectivity index (χ4v) is 2.57. The third-order valence-electron chi connectivity index (χ3n) is 3.34. The number of benzene rings is 1. The summed E-state index contributed by atoms with van der Waals surface area (Å²) in [6, 6.07) is 5.29. The molecule has 0 spiro atoms. The van der Waals surface area contributed by atoms with Gasteiger partial charge in [0.05, 0.1) is 5.41 Å². The first-order valence-electron chi connectivity index (χ1n) is 6.31. The molecule has 6 nitrogen and oxygen atoms in total. The average molecular weight is 311 g/mol. The van der Waals surface area contributed by atoms with Gasteiger partial charge in [0.25, 0.3) is 0 Å². The quantitative estimate of drug-likeness (QED) is 0.631. The number of terminal acetylenes is 1. The number of hydrogen-bond donors (Lipinski definition) is 2. The molecular formula is C14H17NO5S. The molecule has 0 bridgehead atoms. The Kier molecular flexibility index (Phi) is 4.25. The van der Waals surface area contributed by atoms with Crippen LogP contribution in [0, 0.1) is 12.3 Å². The minimum absolute atomic E-state index is 0.00191. The molecule has 0 aromatic heterocycles. The molecule has 1 aromatic carbocycles. The van der Waals surface area contributed by atoms with Gasteiger partial charge in [-0.05, 0) is 31.5 Å². The summed E-state index contributed by atoms with van der Waals surface area (Å²) >= 11 is 0. The highest BCUT2D eigenvalue weighted by Crippen LogP contribution is 2.43. The first kappa shape index (κ1) is 15.8. The van der Waals surface area contributed by atoms with E-state index in [4.69, 9.17) is 20.4 Å². The van der Waals surface area contributed by atoms with Gasteiger partial charge in [0.1, 0.15) is 12.4 Å². The van der Waals surface area contributed by atoms with E-state index in [1.54, 1.807) is 12.1 Å². The molecule has 0 saturated carbocycles. The second-order valence-electron chi connectivity index (χ2n) is 5.31. The van der Waals surface area contributed by atoms with Crippen LogP contribution in [0.5, 0.6) is 5.75 Å². The lowest BCUT2D eigenvalue weighted by molar-refractivity contribution is -0.0907. The summed E-state index contributed by atoms with van der Waals surface area (Å²) < 4.78 is 43.4. The van der Waals surface area contributed by atoms with Gasteiger partial charge in [-0.1, -0.05) is 12.0 Å². The van der Waals surface area contributed by atoms with E-state index in [2.05, 4.69) is 5.92 Å². The van der Waals surface area contributed by atoms with Crippen LogP contribution in [-0.2, 0) is 27.0 Å². The van der Waals surface area contributed by atoms with Gasteiger partial charge in [-0.25, -0.2) is 0 Å². The molecule has 1 unspecified atom stereocenters. The molecular weight excluding hydrogens is 294 g/mol. The summed E-state index contributed by atoms with van der Waals surface area (Å²) in [4.78, 5) is 0. The Morgan fingerprint density at radius 3 is 2.86 bits per heavy atom. The van der Waals surface area contributed by atoms with E-state index in [0.29, 0.717) is 11.3 Å². The molecule has 0 saturated heterocycles. The van der Waals surface area contributed by atoms with Gasteiger partial charge in [-0.15, -0.1) is 6.42 Å². The Hall–Kier alpha value is -1.59. The van der Waals surface area contributed by atoms with Crippen LogP contribution in [0.4, 0.5) is 0 Å². The maximum Gasteiger partial charge on any atom is 0.333 e. The first-order chi connectivity index (χ1) is 9.74. The van der Waals surface area contributed by atoms with Crippen LogP contribution in [0.3, 0.4) is 0 Å². The largest absolute Gasteiger partial charge is 0.464 e. The van der Waals surface area contributed by atoms with Crippen molar-refractivity contribution in [2.75, 3.05) is 6.61 Å². The third-order valence-corrected chi connectivity index (χ3v) is 3.85. The average Bonchev–Trinajstić information content (AvgIpc) is 2.64. The van der Waals surface area contributed by atoms with E-state index in [1.807, 2.05) is 24.6 Å². The van der Waals surface area contributed by atoms with Crippen molar-refractivity contribution in [1.82, 2.24) is 4.72 Å². The lowest BCUT2D eigenvalue weighted by Crippen LogP contribution is -2.34. The van der Waals surface area contributed by atoms with Crippen molar-refractivity contribution < 1.29 is 22.4 Å². The summed E-state index contributed by atoms with van der Waals surface area (Å²) in [5.41, 5.74) is 1.19. The van der Waals surface area contributed by atoms with Gasteiger partial charge in [0.2, 0.25) is 6.29 Å². The van der Waals surface area contributed by atoms with Crippen molar-refractivity contribution in [3.63, 3.8) is 0 Å². The molecule has 1 atom stereocenters. The van der Waals surface area contributed by atoms with Gasteiger partial charge < -0.3 is 9.47 Å². The van der Waals surface area contributed by atoms with Crippen LogP contribution in [0.1, 0.15) is 25.0 Å². The van der Waals surface area contributed by atoms with E-state index < -0.39 is 22.0 Å². The molecule has 0 aliphatic carbocycles. The summed E-state index contributed by atoms with van der Waals surface area (Å²) in [6.45, 7) is 4.07. The molecule has 1 aliphatic rings. The highest BCUT2D eigenvalue weighted by atomic mass is 32.2. The Morgan fingerprint density at radius 2 is 2.24 bits per heavy atom. The number of nitrogens with one attached hydrogen (secondary N) is 1. The molecule has 1 heterocycles. The van der Waals surface area contributed by atoms with E-state index >= 15 is 0 Å². The Morgan fingerprint density at radius 1 is 1.52 bits per heavy atom. The summed E-state index contributed by atoms with van der Waals surface area (Å²) in [6.07, 6.45) is 4.69. The van der Waals surface area contributed by atoms with Crippen LogP contribution in [0.15, 0.2) is 18.2 Å². The van der Waals surface area contributed by atoms with Crippen LogP contribution in [0.2, 0.25) is 0 Å². The number of rotatable bonds is 5. The zero-order chi connectivity index (χ0) is 15.7. The van der Waals surface area contributed by atoms with Crippen molar-refractivity contribution >= 4 is 10.3 Å². The minimum Gasteiger partial charge on any atom is -0.464 e. The maximum absolute atomic E-state index is 10.7. The standard InChI is InChI=1S/C14H17NO5S/c1-4-7-19-13-14(2,3)11-8-10(5-6-12(11)20-13)9-15-21(16,17)18/h1,5-6,8,13,15H,7,9H2,2-3H3,(H,16,17,18). The zero-order valence-electron chi connectivity index (χ0n) is 11.8. The Labute approximate surface area is 124 Å². The fraction of sp³-hybridized carbons (Fsp3) is 0.429. The summed E-state index contributed by atoms with van der Waals surface area (Å²) in [5.74, 6) is 3.08. The maximum atomic E-state index is 10.7. The molecule has 114 valence electrons. The third kappa shape index (κ3) is 3.54. The Bertz CT molecular complexity index is 675. The molecule has 2 N–H and O–H groups in total.